The van der Waals surface area contributed by atoms with Gasteiger partial charge in [-0.1, -0.05) is 19.4 Å². The minimum Gasteiger partial charge on any atom is -0.493 e. The number of carbonyl (C=O) groups excluding carboxylic acids is 1. The molecule has 2 rings (SSSR count). The number of hydrogen-bond acceptors (Lipinski definition) is 4. The van der Waals surface area contributed by atoms with E-state index in [0.717, 1.165) is 18.3 Å². The SMILES string of the molecule is CCCCNC(=O)c1ccc(B2OC(C)(C)C(C)(C)O2)cc1OCC. The average molecular weight is 347 g/mol. The number of nitrogens with one attached hydrogen (secondary N) is 1. The maximum absolute atomic E-state index is 12.4. The zero-order valence-electron chi connectivity index (χ0n) is 16.3. The fourth-order valence-corrected chi connectivity index (χ4v) is 2.60. The van der Waals surface area contributed by atoms with E-state index in [0.29, 0.717) is 24.5 Å². The van der Waals surface area contributed by atoms with Crippen molar-refractivity contribution in [3.8, 4) is 5.75 Å². The molecule has 1 fully saturated rings. The lowest BCUT2D eigenvalue weighted by Gasteiger charge is -2.32. The molecule has 1 aromatic rings. The van der Waals surface area contributed by atoms with E-state index in [4.69, 9.17) is 14.0 Å². The molecule has 1 saturated heterocycles. The average Bonchev–Trinajstić information content (AvgIpc) is 2.76. The normalized spacial score (nSPS) is 18.2. The number of hydrogen-bond donors (Lipinski definition) is 1. The van der Waals surface area contributed by atoms with E-state index in [1.165, 1.54) is 0 Å². The summed E-state index contributed by atoms with van der Waals surface area (Å²) in [5, 5.41) is 2.93. The molecule has 1 aliphatic rings. The Morgan fingerprint density at radius 2 is 1.80 bits per heavy atom. The third kappa shape index (κ3) is 4.36. The van der Waals surface area contributed by atoms with Crippen molar-refractivity contribution in [2.45, 2.75) is 65.6 Å². The van der Waals surface area contributed by atoms with Crippen LogP contribution in [-0.2, 0) is 9.31 Å². The highest BCUT2D eigenvalue weighted by molar-refractivity contribution is 6.62. The Bertz CT molecular complexity index is 599. The highest BCUT2D eigenvalue weighted by Gasteiger charge is 2.51. The zero-order chi connectivity index (χ0) is 18.7. The summed E-state index contributed by atoms with van der Waals surface area (Å²) < 4.78 is 17.9. The molecular weight excluding hydrogens is 317 g/mol. The third-order valence-corrected chi connectivity index (χ3v) is 4.89. The number of unbranched alkanes of at least 4 members (excludes halogenated alkanes) is 1. The van der Waals surface area contributed by atoms with Crippen LogP contribution in [0.25, 0.3) is 0 Å². The van der Waals surface area contributed by atoms with Crippen molar-refractivity contribution in [2.24, 2.45) is 0 Å². The number of amides is 1. The molecule has 1 heterocycles. The Morgan fingerprint density at radius 1 is 1.16 bits per heavy atom. The first kappa shape index (κ1) is 19.8. The van der Waals surface area contributed by atoms with Crippen molar-refractivity contribution in [1.29, 1.82) is 0 Å². The molecule has 0 unspecified atom stereocenters. The second kappa shape index (κ2) is 7.79. The predicted molar refractivity (Wildman–Crippen MR) is 101 cm³/mol. The van der Waals surface area contributed by atoms with Gasteiger partial charge in [-0.25, -0.2) is 0 Å². The Balaban J connectivity index is 2.23. The molecule has 25 heavy (non-hydrogen) atoms. The van der Waals surface area contributed by atoms with Crippen LogP contribution in [0, 0.1) is 0 Å². The van der Waals surface area contributed by atoms with E-state index in [9.17, 15) is 4.79 Å². The van der Waals surface area contributed by atoms with Crippen molar-refractivity contribution in [2.75, 3.05) is 13.2 Å². The fraction of sp³-hybridized carbons (Fsp3) is 0.632. The van der Waals surface area contributed by atoms with Crippen LogP contribution in [0.4, 0.5) is 0 Å². The maximum atomic E-state index is 12.4. The van der Waals surface area contributed by atoms with Gasteiger partial charge in [0.2, 0.25) is 0 Å². The molecule has 0 radical (unpaired) electrons. The van der Waals surface area contributed by atoms with Gasteiger partial charge in [-0.15, -0.1) is 0 Å². The molecule has 1 aromatic carbocycles. The van der Waals surface area contributed by atoms with E-state index in [1.54, 1.807) is 6.07 Å². The van der Waals surface area contributed by atoms with Gasteiger partial charge >= 0.3 is 7.12 Å². The molecule has 5 nitrogen and oxygen atoms in total. The van der Waals surface area contributed by atoms with Crippen molar-refractivity contribution in [1.82, 2.24) is 5.32 Å². The van der Waals surface area contributed by atoms with E-state index >= 15 is 0 Å². The van der Waals surface area contributed by atoms with Crippen LogP contribution in [-0.4, -0.2) is 37.4 Å². The summed E-state index contributed by atoms with van der Waals surface area (Å²) in [6.07, 6.45) is 2.00. The molecule has 0 aromatic heterocycles. The third-order valence-electron chi connectivity index (χ3n) is 4.89. The fourth-order valence-electron chi connectivity index (χ4n) is 2.60. The lowest BCUT2D eigenvalue weighted by molar-refractivity contribution is 0.00578. The molecule has 0 bridgehead atoms. The predicted octanol–water partition coefficient (Wildman–Crippen LogP) is 2.91. The second-order valence-corrected chi connectivity index (χ2v) is 7.39. The second-order valence-electron chi connectivity index (χ2n) is 7.39. The first-order valence-corrected chi connectivity index (χ1v) is 9.12. The van der Waals surface area contributed by atoms with Gasteiger partial charge in [0.25, 0.3) is 5.91 Å². The first-order chi connectivity index (χ1) is 11.7. The Labute approximate surface area is 151 Å². The molecule has 0 spiro atoms. The van der Waals surface area contributed by atoms with Crippen molar-refractivity contribution in [3.05, 3.63) is 23.8 Å². The summed E-state index contributed by atoms with van der Waals surface area (Å²) in [5.41, 5.74) is 0.588. The Morgan fingerprint density at radius 3 is 2.36 bits per heavy atom. The van der Waals surface area contributed by atoms with Gasteiger partial charge in [-0.2, -0.15) is 0 Å². The molecule has 0 saturated carbocycles. The van der Waals surface area contributed by atoms with E-state index < -0.39 is 18.3 Å². The van der Waals surface area contributed by atoms with Gasteiger partial charge in [-0.05, 0) is 58.6 Å². The minimum atomic E-state index is -0.471. The van der Waals surface area contributed by atoms with Gasteiger partial charge in [-0.3, -0.25) is 4.79 Å². The standard InChI is InChI=1S/C19H30BNO4/c1-7-9-12-21-17(22)15-11-10-14(13-16(15)23-8-2)20-24-18(3,4)19(5,6)25-20/h10-11,13H,7-9,12H2,1-6H3,(H,21,22). The molecule has 138 valence electrons. The Kier molecular flexibility index (Phi) is 6.17. The molecule has 1 amide bonds. The van der Waals surface area contributed by atoms with Gasteiger partial charge in [0.15, 0.2) is 0 Å². The number of carbonyl (C=O) groups is 1. The maximum Gasteiger partial charge on any atom is 0.494 e. The summed E-state index contributed by atoms with van der Waals surface area (Å²) in [6, 6.07) is 5.51. The highest BCUT2D eigenvalue weighted by atomic mass is 16.7. The molecule has 6 heteroatoms. The number of ether oxygens (including phenoxy) is 1. The topological polar surface area (TPSA) is 56.8 Å². The molecule has 0 atom stereocenters. The van der Waals surface area contributed by atoms with Crippen LogP contribution >= 0.6 is 0 Å². The highest BCUT2D eigenvalue weighted by Crippen LogP contribution is 2.36. The number of benzene rings is 1. The summed E-state index contributed by atoms with van der Waals surface area (Å²) in [4.78, 5) is 12.4. The van der Waals surface area contributed by atoms with Gasteiger partial charge in [0, 0.05) is 6.54 Å². The van der Waals surface area contributed by atoms with Gasteiger partial charge in [0.1, 0.15) is 5.75 Å². The van der Waals surface area contributed by atoms with Crippen molar-refractivity contribution in [3.63, 3.8) is 0 Å². The summed E-state index contributed by atoms with van der Waals surface area (Å²) in [6.45, 7) is 13.2. The van der Waals surface area contributed by atoms with E-state index in [-0.39, 0.29) is 5.91 Å². The summed E-state index contributed by atoms with van der Waals surface area (Å²) in [7, 11) is -0.471. The van der Waals surface area contributed by atoms with Crippen LogP contribution in [0.2, 0.25) is 0 Å². The summed E-state index contributed by atoms with van der Waals surface area (Å²) >= 11 is 0. The van der Waals surface area contributed by atoms with Crippen LogP contribution in [0.5, 0.6) is 5.75 Å². The Hall–Kier alpha value is -1.53. The summed E-state index contributed by atoms with van der Waals surface area (Å²) in [5.74, 6) is 0.445. The lowest BCUT2D eigenvalue weighted by atomic mass is 9.78. The first-order valence-electron chi connectivity index (χ1n) is 9.12. The van der Waals surface area contributed by atoms with Crippen LogP contribution in [0.3, 0.4) is 0 Å². The van der Waals surface area contributed by atoms with Crippen LogP contribution in [0.15, 0.2) is 18.2 Å². The van der Waals surface area contributed by atoms with E-state index in [1.807, 2.05) is 46.8 Å². The van der Waals surface area contributed by atoms with Gasteiger partial charge in [0.05, 0.1) is 23.4 Å². The molecule has 0 aliphatic carbocycles. The van der Waals surface area contributed by atoms with Crippen molar-refractivity contribution >= 4 is 18.5 Å². The van der Waals surface area contributed by atoms with Crippen molar-refractivity contribution < 1.29 is 18.8 Å². The van der Waals surface area contributed by atoms with Gasteiger partial charge < -0.3 is 19.4 Å². The van der Waals surface area contributed by atoms with E-state index in [2.05, 4.69) is 12.2 Å². The smallest absolute Gasteiger partial charge is 0.493 e. The molecular formula is C19H30BNO4. The lowest BCUT2D eigenvalue weighted by Crippen LogP contribution is -2.41. The molecule has 1 N–H and O–H groups in total. The van der Waals surface area contributed by atoms with Crippen LogP contribution < -0.4 is 15.5 Å². The monoisotopic (exact) mass is 347 g/mol. The number of rotatable bonds is 7. The minimum absolute atomic E-state index is 0.114. The molecule has 1 aliphatic heterocycles. The van der Waals surface area contributed by atoms with Crippen LogP contribution in [0.1, 0.15) is 64.7 Å². The largest absolute Gasteiger partial charge is 0.494 e. The zero-order valence-corrected chi connectivity index (χ0v) is 16.3. The quantitative estimate of drug-likeness (QED) is 0.609.